The zero-order valence-corrected chi connectivity index (χ0v) is 9.81. The van der Waals surface area contributed by atoms with Crippen LogP contribution in [0.2, 0.25) is 0 Å². The Balaban J connectivity index is 3.42. The van der Waals surface area contributed by atoms with Crippen LogP contribution >= 0.6 is 0 Å². The monoisotopic (exact) mass is 192 g/mol. The van der Waals surface area contributed by atoms with Crippen LogP contribution in [-0.2, 0) is 6.42 Å². The van der Waals surface area contributed by atoms with Crippen LogP contribution < -0.4 is 0 Å². The van der Waals surface area contributed by atoms with Crippen LogP contribution in [0.15, 0.2) is 6.07 Å². The molecule has 1 nitrogen and oxygen atoms in total. The smallest absolute Gasteiger partial charge is 0.121 e. The highest BCUT2D eigenvalue weighted by Crippen LogP contribution is 2.32. The summed E-state index contributed by atoms with van der Waals surface area (Å²) in [5.41, 5.74) is 4.72. The largest absolute Gasteiger partial charge is 0.507 e. The average molecular weight is 192 g/mol. The fourth-order valence-corrected chi connectivity index (χ4v) is 2.03. The maximum atomic E-state index is 9.88. The summed E-state index contributed by atoms with van der Waals surface area (Å²) < 4.78 is 0. The third-order valence-electron chi connectivity index (χ3n) is 2.89. The first-order chi connectivity index (χ1) is 6.49. The molecule has 78 valence electrons. The van der Waals surface area contributed by atoms with Gasteiger partial charge in [0.2, 0.25) is 0 Å². The van der Waals surface area contributed by atoms with Crippen LogP contribution in [0.1, 0.15) is 48.9 Å². The van der Waals surface area contributed by atoms with E-state index in [1.807, 2.05) is 6.92 Å². The molecule has 1 heteroatoms. The molecule has 0 fully saturated rings. The van der Waals surface area contributed by atoms with Gasteiger partial charge in [-0.25, -0.2) is 0 Å². The van der Waals surface area contributed by atoms with Crippen molar-refractivity contribution in [3.05, 3.63) is 28.3 Å². The molecule has 0 bridgehead atoms. The van der Waals surface area contributed by atoms with Gasteiger partial charge in [-0.1, -0.05) is 26.8 Å². The molecule has 1 aromatic rings. The molecule has 0 aromatic heterocycles. The third-order valence-corrected chi connectivity index (χ3v) is 2.89. The standard InChI is InChI=1S/C13H20O/c1-6-11-10(5)12(8(2)3)7-9(4)13(11)14/h7-8,14H,6H2,1-5H3. The summed E-state index contributed by atoms with van der Waals surface area (Å²) in [5, 5.41) is 9.88. The van der Waals surface area contributed by atoms with Gasteiger partial charge in [0.25, 0.3) is 0 Å². The fraction of sp³-hybridized carbons (Fsp3) is 0.538. The van der Waals surface area contributed by atoms with Gasteiger partial charge in [0, 0.05) is 0 Å². The summed E-state index contributed by atoms with van der Waals surface area (Å²) in [5.74, 6) is 1.01. The minimum Gasteiger partial charge on any atom is -0.507 e. The summed E-state index contributed by atoms with van der Waals surface area (Å²) in [6.45, 7) is 10.6. The van der Waals surface area contributed by atoms with E-state index in [2.05, 4.69) is 33.8 Å². The second kappa shape index (κ2) is 4.04. The number of phenols is 1. The molecule has 0 aliphatic heterocycles. The summed E-state index contributed by atoms with van der Waals surface area (Å²) in [4.78, 5) is 0. The van der Waals surface area contributed by atoms with Crippen molar-refractivity contribution in [2.75, 3.05) is 0 Å². The van der Waals surface area contributed by atoms with Crippen molar-refractivity contribution >= 4 is 0 Å². The van der Waals surface area contributed by atoms with Crippen molar-refractivity contribution in [2.24, 2.45) is 0 Å². The molecule has 0 radical (unpaired) electrons. The van der Waals surface area contributed by atoms with Gasteiger partial charge in [-0.3, -0.25) is 0 Å². The Labute approximate surface area is 86.8 Å². The van der Waals surface area contributed by atoms with Gasteiger partial charge in [0.05, 0.1) is 0 Å². The van der Waals surface area contributed by atoms with E-state index in [-0.39, 0.29) is 0 Å². The van der Waals surface area contributed by atoms with E-state index in [9.17, 15) is 5.11 Å². The van der Waals surface area contributed by atoms with Crippen LogP contribution in [0.3, 0.4) is 0 Å². The van der Waals surface area contributed by atoms with Crippen molar-refractivity contribution < 1.29 is 5.11 Å². The Kier molecular flexibility index (Phi) is 3.20. The highest BCUT2D eigenvalue weighted by molar-refractivity contribution is 5.49. The molecular weight excluding hydrogens is 172 g/mol. The Morgan fingerprint density at radius 1 is 1.29 bits per heavy atom. The summed E-state index contributed by atoms with van der Waals surface area (Å²) in [7, 11) is 0. The number of benzene rings is 1. The van der Waals surface area contributed by atoms with Crippen molar-refractivity contribution in [2.45, 2.75) is 47.0 Å². The van der Waals surface area contributed by atoms with E-state index < -0.39 is 0 Å². The minimum absolute atomic E-state index is 0.481. The second-order valence-electron chi connectivity index (χ2n) is 4.24. The first-order valence-corrected chi connectivity index (χ1v) is 5.30. The van der Waals surface area contributed by atoms with E-state index in [0.29, 0.717) is 11.7 Å². The summed E-state index contributed by atoms with van der Waals surface area (Å²) in [6, 6.07) is 2.11. The predicted octanol–water partition coefficient (Wildman–Crippen LogP) is 3.69. The Morgan fingerprint density at radius 2 is 1.86 bits per heavy atom. The van der Waals surface area contributed by atoms with Gasteiger partial charge in [-0.15, -0.1) is 0 Å². The van der Waals surface area contributed by atoms with Crippen LogP contribution in [0, 0.1) is 13.8 Å². The highest BCUT2D eigenvalue weighted by Gasteiger charge is 2.12. The third kappa shape index (κ3) is 1.77. The van der Waals surface area contributed by atoms with E-state index in [1.165, 1.54) is 11.1 Å². The maximum Gasteiger partial charge on any atom is 0.121 e. The van der Waals surface area contributed by atoms with Crippen molar-refractivity contribution in [3.63, 3.8) is 0 Å². The fourth-order valence-electron chi connectivity index (χ4n) is 2.03. The lowest BCUT2D eigenvalue weighted by Gasteiger charge is -2.16. The first-order valence-electron chi connectivity index (χ1n) is 5.30. The van der Waals surface area contributed by atoms with Crippen LogP contribution in [0.5, 0.6) is 5.75 Å². The molecule has 1 aromatic carbocycles. The molecule has 0 aliphatic carbocycles. The lowest BCUT2D eigenvalue weighted by molar-refractivity contribution is 0.463. The second-order valence-corrected chi connectivity index (χ2v) is 4.24. The lowest BCUT2D eigenvalue weighted by Crippen LogP contribution is -1.99. The van der Waals surface area contributed by atoms with Crippen molar-refractivity contribution in [1.29, 1.82) is 0 Å². The van der Waals surface area contributed by atoms with Gasteiger partial charge in [0.1, 0.15) is 5.75 Å². The number of rotatable bonds is 2. The Hall–Kier alpha value is -0.980. The minimum atomic E-state index is 0.481. The molecule has 0 saturated carbocycles. The molecule has 14 heavy (non-hydrogen) atoms. The molecular formula is C13H20O. The SMILES string of the molecule is CCc1c(C)c(C(C)C)cc(C)c1O. The quantitative estimate of drug-likeness (QED) is 0.757. The van der Waals surface area contributed by atoms with Crippen molar-refractivity contribution in [3.8, 4) is 5.75 Å². The van der Waals surface area contributed by atoms with E-state index in [4.69, 9.17) is 0 Å². The van der Waals surface area contributed by atoms with Crippen LogP contribution in [0.4, 0.5) is 0 Å². The van der Waals surface area contributed by atoms with Gasteiger partial charge in [-0.05, 0) is 48.4 Å². The number of aromatic hydroxyl groups is 1. The topological polar surface area (TPSA) is 20.2 Å². The molecule has 0 amide bonds. The van der Waals surface area contributed by atoms with Gasteiger partial charge < -0.3 is 5.11 Å². The normalized spacial score (nSPS) is 11.0. The molecule has 0 atom stereocenters. The zero-order chi connectivity index (χ0) is 10.9. The summed E-state index contributed by atoms with van der Waals surface area (Å²) in [6.07, 6.45) is 0.902. The molecule has 0 spiro atoms. The van der Waals surface area contributed by atoms with Crippen LogP contribution in [-0.4, -0.2) is 5.11 Å². The number of hydrogen-bond acceptors (Lipinski definition) is 1. The van der Waals surface area contributed by atoms with Gasteiger partial charge in [0.15, 0.2) is 0 Å². The molecule has 1 N–H and O–H groups in total. The Bertz CT molecular complexity index is 338. The average Bonchev–Trinajstić information content (AvgIpc) is 2.12. The zero-order valence-electron chi connectivity index (χ0n) is 9.81. The van der Waals surface area contributed by atoms with E-state index >= 15 is 0 Å². The van der Waals surface area contributed by atoms with E-state index in [0.717, 1.165) is 17.5 Å². The number of phenolic OH excluding ortho intramolecular Hbond substituents is 1. The maximum absolute atomic E-state index is 9.88. The number of hydrogen-bond donors (Lipinski definition) is 1. The van der Waals surface area contributed by atoms with Gasteiger partial charge in [-0.2, -0.15) is 0 Å². The number of aryl methyl sites for hydroxylation is 1. The molecule has 1 rings (SSSR count). The molecule has 0 saturated heterocycles. The van der Waals surface area contributed by atoms with Crippen LogP contribution in [0.25, 0.3) is 0 Å². The first kappa shape index (κ1) is 11.1. The molecule has 0 aliphatic rings. The lowest BCUT2D eigenvalue weighted by atomic mass is 9.90. The molecule has 0 unspecified atom stereocenters. The van der Waals surface area contributed by atoms with Crippen molar-refractivity contribution in [1.82, 2.24) is 0 Å². The Morgan fingerprint density at radius 3 is 2.29 bits per heavy atom. The van der Waals surface area contributed by atoms with Gasteiger partial charge >= 0.3 is 0 Å². The molecule has 0 heterocycles. The summed E-state index contributed by atoms with van der Waals surface area (Å²) >= 11 is 0. The highest BCUT2D eigenvalue weighted by atomic mass is 16.3. The van der Waals surface area contributed by atoms with E-state index in [1.54, 1.807) is 0 Å². The predicted molar refractivity (Wildman–Crippen MR) is 61.0 cm³/mol.